The van der Waals surface area contributed by atoms with Gasteiger partial charge in [0.25, 0.3) is 0 Å². The van der Waals surface area contributed by atoms with Gasteiger partial charge < -0.3 is 10.1 Å². The average molecular weight is 305 g/mol. The molecule has 1 aromatic heterocycles. The number of nitrogens with zero attached hydrogens (tertiary/aromatic N) is 1. The number of benzene rings is 1. The first-order chi connectivity index (χ1) is 10.1. The minimum absolute atomic E-state index is 0.665. The Morgan fingerprint density at radius 2 is 1.95 bits per heavy atom. The third kappa shape index (κ3) is 5.27. The van der Waals surface area contributed by atoms with E-state index >= 15 is 0 Å². The Bertz CT molecular complexity index is 555. The van der Waals surface area contributed by atoms with Crippen molar-refractivity contribution in [2.75, 3.05) is 11.9 Å². The van der Waals surface area contributed by atoms with Gasteiger partial charge in [-0.1, -0.05) is 37.6 Å². The van der Waals surface area contributed by atoms with Gasteiger partial charge in [-0.15, -0.1) is 0 Å². The first-order valence-electron chi connectivity index (χ1n) is 7.20. The van der Waals surface area contributed by atoms with Crippen molar-refractivity contribution in [3.63, 3.8) is 0 Å². The second-order valence-electron chi connectivity index (χ2n) is 5.38. The van der Waals surface area contributed by atoms with Crippen LogP contribution >= 0.6 is 11.6 Å². The zero-order valence-electron chi connectivity index (χ0n) is 12.5. The van der Waals surface area contributed by atoms with Crippen LogP contribution in [0.4, 0.5) is 5.69 Å². The quantitative estimate of drug-likeness (QED) is 0.800. The van der Waals surface area contributed by atoms with Crippen molar-refractivity contribution in [2.24, 2.45) is 5.92 Å². The summed E-state index contributed by atoms with van der Waals surface area (Å²) in [5, 5.41) is 3.95. The summed E-state index contributed by atoms with van der Waals surface area (Å²) < 4.78 is 5.70. The van der Waals surface area contributed by atoms with Crippen LogP contribution < -0.4 is 10.1 Å². The molecule has 0 radical (unpaired) electrons. The number of anilines is 1. The molecule has 0 saturated heterocycles. The van der Waals surface area contributed by atoms with E-state index in [1.165, 1.54) is 5.56 Å². The summed E-state index contributed by atoms with van der Waals surface area (Å²) in [5.41, 5.74) is 2.02. The molecule has 0 aliphatic carbocycles. The molecule has 0 atom stereocenters. The first kappa shape index (κ1) is 15.6. The Morgan fingerprint density at radius 3 is 2.62 bits per heavy atom. The molecule has 0 spiro atoms. The molecule has 0 bridgehead atoms. The molecule has 0 aliphatic heterocycles. The van der Waals surface area contributed by atoms with Crippen LogP contribution in [-0.2, 0) is 6.54 Å². The van der Waals surface area contributed by atoms with E-state index < -0.39 is 0 Å². The monoisotopic (exact) mass is 304 g/mol. The van der Waals surface area contributed by atoms with Crippen molar-refractivity contribution in [1.29, 1.82) is 0 Å². The van der Waals surface area contributed by atoms with E-state index in [2.05, 4.69) is 36.3 Å². The van der Waals surface area contributed by atoms with Crippen molar-refractivity contribution in [1.82, 2.24) is 4.98 Å². The third-order valence-electron chi connectivity index (χ3n) is 3.14. The highest BCUT2D eigenvalue weighted by Crippen LogP contribution is 2.20. The van der Waals surface area contributed by atoms with Gasteiger partial charge in [0.05, 0.1) is 23.5 Å². The van der Waals surface area contributed by atoms with Gasteiger partial charge in [0.1, 0.15) is 5.75 Å². The molecule has 3 nitrogen and oxygen atoms in total. The first-order valence-corrected chi connectivity index (χ1v) is 7.58. The Balaban J connectivity index is 1.84. The summed E-state index contributed by atoms with van der Waals surface area (Å²) in [6.45, 7) is 5.86. The zero-order valence-corrected chi connectivity index (χ0v) is 13.2. The van der Waals surface area contributed by atoms with Crippen molar-refractivity contribution >= 4 is 17.3 Å². The SMILES string of the molecule is CC(C)CCOc1ccc(CNc2cnccc2Cl)cc1. The smallest absolute Gasteiger partial charge is 0.119 e. The van der Waals surface area contributed by atoms with Crippen molar-refractivity contribution in [2.45, 2.75) is 26.8 Å². The van der Waals surface area contributed by atoms with Gasteiger partial charge in [-0.3, -0.25) is 4.98 Å². The minimum Gasteiger partial charge on any atom is -0.494 e. The molecular formula is C17H21ClN2O. The van der Waals surface area contributed by atoms with Gasteiger partial charge in [-0.2, -0.15) is 0 Å². The summed E-state index contributed by atoms with van der Waals surface area (Å²) in [6.07, 6.45) is 4.48. The molecule has 0 unspecified atom stereocenters. The standard InChI is InChI=1S/C17H21ClN2O/c1-13(2)8-10-21-15-5-3-14(4-6-15)11-20-17-12-19-9-7-16(17)18/h3-7,9,12-13,20H,8,10-11H2,1-2H3. The third-order valence-corrected chi connectivity index (χ3v) is 3.47. The molecule has 1 aromatic carbocycles. The summed E-state index contributed by atoms with van der Waals surface area (Å²) in [5.74, 6) is 1.58. The van der Waals surface area contributed by atoms with Crippen LogP contribution in [0.15, 0.2) is 42.7 Å². The highest BCUT2D eigenvalue weighted by Gasteiger charge is 2.00. The maximum absolute atomic E-state index is 6.08. The number of nitrogens with one attached hydrogen (secondary N) is 1. The molecule has 0 aliphatic rings. The number of pyridine rings is 1. The molecule has 1 N–H and O–H groups in total. The van der Waals surface area contributed by atoms with E-state index in [0.29, 0.717) is 17.5 Å². The van der Waals surface area contributed by atoms with Crippen molar-refractivity contribution < 1.29 is 4.74 Å². The van der Waals surface area contributed by atoms with Gasteiger partial charge in [-0.05, 0) is 36.1 Å². The van der Waals surface area contributed by atoms with Crippen LogP contribution in [0.5, 0.6) is 5.75 Å². The van der Waals surface area contributed by atoms with Crippen molar-refractivity contribution in [3.8, 4) is 5.75 Å². The van der Waals surface area contributed by atoms with Crippen LogP contribution in [-0.4, -0.2) is 11.6 Å². The maximum Gasteiger partial charge on any atom is 0.119 e. The predicted octanol–water partition coefficient (Wildman–Crippen LogP) is 4.77. The van der Waals surface area contributed by atoms with E-state index in [-0.39, 0.29) is 0 Å². The fourth-order valence-corrected chi connectivity index (χ4v) is 1.99. The Morgan fingerprint density at radius 1 is 1.19 bits per heavy atom. The van der Waals surface area contributed by atoms with Gasteiger partial charge >= 0.3 is 0 Å². The van der Waals surface area contributed by atoms with Gasteiger partial charge in [0.15, 0.2) is 0 Å². The molecule has 4 heteroatoms. The number of ether oxygens (including phenoxy) is 1. The van der Waals surface area contributed by atoms with Crippen molar-refractivity contribution in [3.05, 3.63) is 53.3 Å². The predicted molar refractivity (Wildman–Crippen MR) is 88.0 cm³/mol. The van der Waals surface area contributed by atoms with E-state index in [9.17, 15) is 0 Å². The van der Waals surface area contributed by atoms with Crippen LogP contribution in [0.2, 0.25) is 5.02 Å². The Labute approximate surface area is 131 Å². The number of aromatic nitrogens is 1. The van der Waals surface area contributed by atoms with Crippen LogP contribution in [0, 0.1) is 5.92 Å². The molecule has 0 fully saturated rings. The van der Waals surface area contributed by atoms with Crippen LogP contribution in [0.1, 0.15) is 25.8 Å². The second kappa shape index (κ2) is 7.89. The van der Waals surface area contributed by atoms with E-state index in [4.69, 9.17) is 16.3 Å². The average Bonchev–Trinajstić information content (AvgIpc) is 2.47. The maximum atomic E-state index is 6.08. The number of rotatable bonds is 7. The van der Waals surface area contributed by atoms with Gasteiger partial charge in [0, 0.05) is 12.7 Å². The molecule has 0 amide bonds. The van der Waals surface area contributed by atoms with Crippen LogP contribution in [0.25, 0.3) is 0 Å². The largest absolute Gasteiger partial charge is 0.494 e. The number of halogens is 1. The molecular weight excluding hydrogens is 284 g/mol. The van der Waals surface area contributed by atoms with E-state index in [1.54, 1.807) is 18.5 Å². The summed E-state index contributed by atoms with van der Waals surface area (Å²) in [4.78, 5) is 4.05. The lowest BCUT2D eigenvalue weighted by atomic mass is 10.1. The molecule has 0 saturated carbocycles. The summed E-state index contributed by atoms with van der Waals surface area (Å²) in [6, 6.07) is 9.89. The molecule has 2 aromatic rings. The fraction of sp³-hybridized carbons (Fsp3) is 0.353. The Hall–Kier alpha value is -1.74. The second-order valence-corrected chi connectivity index (χ2v) is 5.79. The summed E-state index contributed by atoms with van der Waals surface area (Å²) in [7, 11) is 0. The highest BCUT2D eigenvalue weighted by atomic mass is 35.5. The number of hydrogen-bond acceptors (Lipinski definition) is 3. The van der Waals surface area contributed by atoms with Gasteiger partial charge in [0.2, 0.25) is 0 Å². The highest BCUT2D eigenvalue weighted by molar-refractivity contribution is 6.33. The molecule has 21 heavy (non-hydrogen) atoms. The summed E-state index contributed by atoms with van der Waals surface area (Å²) >= 11 is 6.08. The topological polar surface area (TPSA) is 34.1 Å². The van der Waals surface area contributed by atoms with Crippen LogP contribution in [0.3, 0.4) is 0 Å². The Kier molecular flexibility index (Phi) is 5.88. The van der Waals surface area contributed by atoms with Gasteiger partial charge in [-0.25, -0.2) is 0 Å². The molecule has 112 valence electrons. The molecule has 2 rings (SSSR count). The lowest BCUT2D eigenvalue weighted by Gasteiger charge is -2.10. The normalized spacial score (nSPS) is 10.7. The van der Waals surface area contributed by atoms with E-state index in [1.807, 2.05) is 12.1 Å². The van der Waals surface area contributed by atoms with E-state index in [0.717, 1.165) is 24.5 Å². The molecule has 1 heterocycles. The fourth-order valence-electron chi connectivity index (χ4n) is 1.82. The lowest BCUT2D eigenvalue weighted by molar-refractivity contribution is 0.289. The number of hydrogen-bond donors (Lipinski definition) is 1. The zero-order chi connectivity index (χ0) is 15.1. The minimum atomic E-state index is 0.665. The lowest BCUT2D eigenvalue weighted by Crippen LogP contribution is -2.02.